The zero-order chi connectivity index (χ0) is 10.8. The third-order valence-electron chi connectivity index (χ3n) is 2.72. The molecule has 15 heavy (non-hydrogen) atoms. The van der Waals surface area contributed by atoms with E-state index < -0.39 is 0 Å². The first-order valence-corrected chi connectivity index (χ1v) is 5.29. The van der Waals surface area contributed by atoms with Crippen LogP contribution in [0, 0.1) is 6.92 Å². The predicted molar refractivity (Wildman–Crippen MR) is 61.4 cm³/mol. The van der Waals surface area contributed by atoms with Crippen molar-refractivity contribution < 1.29 is 4.79 Å². The van der Waals surface area contributed by atoms with Crippen molar-refractivity contribution in [3.05, 3.63) is 35.4 Å². The van der Waals surface area contributed by atoms with E-state index in [0.29, 0.717) is 0 Å². The van der Waals surface area contributed by atoms with Crippen molar-refractivity contribution in [1.82, 2.24) is 0 Å². The molecule has 1 aromatic rings. The number of ketones is 1. The molecule has 2 nitrogen and oxygen atoms in total. The first-order chi connectivity index (χ1) is 7.16. The van der Waals surface area contributed by atoms with Gasteiger partial charge < -0.3 is 0 Å². The maximum atomic E-state index is 11.0. The van der Waals surface area contributed by atoms with Gasteiger partial charge in [0.1, 0.15) is 6.04 Å². The minimum absolute atomic E-state index is 0.0737. The van der Waals surface area contributed by atoms with Gasteiger partial charge in [0.2, 0.25) is 0 Å². The van der Waals surface area contributed by atoms with Gasteiger partial charge in [-0.15, -0.1) is 0 Å². The largest absolute Gasteiger partial charge is 0.297 e. The zero-order valence-corrected chi connectivity index (χ0v) is 9.16. The van der Waals surface area contributed by atoms with E-state index in [-0.39, 0.29) is 11.8 Å². The van der Waals surface area contributed by atoms with Crippen LogP contribution in [0.4, 0.5) is 0 Å². The standard InChI is InChI=1S/C13H15NO/c1-9-3-5-11(6-4-9)7-8-12-13(14-12)10(2)15/h3-6,13H,7-8H2,1-2H3. The van der Waals surface area contributed by atoms with Crippen LogP contribution >= 0.6 is 0 Å². The molecule has 1 atom stereocenters. The van der Waals surface area contributed by atoms with Crippen molar-refractivity contribution in [3.8, 4) is 0 Å². The lowest BCUT2D eigenvalue weighted by molar-refractivity contribution is -0.116. The van der Waals surface area contributed by atoms with Crippen molar-refractivity contribution in [3.63, 3.8) is 0 Å². The van der Waals surface area contributed by atoms with Crippen LogP contribution in [0.2, 0.25) is 0 Å². The Morgan fingerprint density at radius 3 is 2.47 bits per heavy atom. The molecule has 0 N–H and O–H groups in total. The Balaban J connectivity index is 1.82. The van der Waals surface area contributed by atoms with Crippen molar-refractivity contribution in [2.45, 2.75) is 32.7 Å². The van der Waals surface area contributed by atoms with E-state index >= 15 is 0 Å². The van der Waals surface area contributed by atoms with Gasteiger partial charge in [0, 0.05) is 5.71 Å². The van der Waals surface area contributed by atoms with Crippen molar-refractivity contribution in [1.29, 1.82) is 0 Å². The molecule has 0 bridgehead atoms. The maximum absolute atomic E-state index is 11.0. The van der Waals surface area contributed by atoms with E-state index in [1.807, 2.05) is 0 Å². The van der Waals surface area contributed by atoms with E-state index in [1.54, 1.807) is 6.92 Å². The summed E-state index contributed by atoms with van der Waals surface area (Å²) in [5.74, 6) is 0.175. The van der Waals surface area contributed by atoms with Gasteiger partial charge in [-0.1, -0.05) is 29.8 Å². The van der Waals surface area contributed by atoms with E-state index in [0.717, 1.165) is 18.6 Å². The summed E-state index contributed by atoms with van der Waals surface area (Å²) < 4.78 is 0. The fourth-order valence-corrected chi connectivity index (χ4v) is 1.68. The monoisotopic (exact) mass is 201 g/mol. The zero-order valence-electron chi connectivity index (χ0n) is 9.16. The Labute approximate surface area is 90.0 Å². The Bertz CT molecular complexity index is 403. The molecule has 2 heteroatoms. The number of rotatable bonds is 4. The van der Waals surface area contributed by atoms with Crippen LogP contribution in [0.25, 0.3) is 0 Å². The summed E-state index contributed by atoms with van der Waals surface area (Å²) in [6.45, 7) is 3.69. The maximum Gasteiger partial charge on any atom is 0.159 e. The van der Waals surface area contributed by atoms with Crippen LogP contribution in [0.5, 0.6) is 0 Å². The number of carbonyl (C=O) groups excluding carboxylic acids is 1. The number of Topliss-reactive ketones (excluding diaryl/α,β-unsaturated/α-hetero) is 1. The van der Waals surface area contributed by atoms with Gasteiger partial charge >= 0.3 is 0 Å². The van der Waals surface area contributed by atoms with Gasteiger partial charge in [-0.2, -0.15) is 0 Å². The van der Waals surface area contributed by atoms with E-state index in [1.165, 1.54) is 11.1 Å². The molecule has 1 aliphatic rings. The number of benzene rings is 1. The van der Waals surface area contributed by atoms with Gasteiger partial charge in [-0.3, -0.25) is 9.79 Å². The van der Waals surface area contributed by atoms with Crippen LogP contribution in [0.15, 0.2) is 29.3 Å². The molecule has 0 aromatic heterocycles. The van der Waals surface area contributed by atoms with Gasteiger partial charge in [0.25, 0.3) is 0 Å². The predicted octanol–water partition coefficient (Wildman–Crippen LogP) is 2.34. The van der Waals surface area contributed by atoms with Crippen molar-refractivity contribution >= 4 is 11.5 Å². The van der Waals surface area contributed by atoms with Crippen LogP contribution < -0.4 is 0 Å². The highest BCUT2D eigenvalue weighted by Crippen LogP contribution is 2.18. The van der Waals surface area contributed by atoms with Crippen molar-refractivity contribution in [2.24, 2.45) is 4.99 Å². The highest BCUT2D eigenvalue weighted by molar-refractivity contribution is 6.17. The van der Waals surface area contributed by atoms with E-state index in [2.05, 4.69) is 36.2 Å². The van der Waals surface area contributed by atoms with Crippen LogP contribution in [-0.4, -0.2) is 17.5 Å². The SMILES string of the molecule is CC(=O)C1N=C1CCc1ccc(C)cc1. The average Bonchev–Trinajstić information content (AvgIpc) is 2.96. The first kappa shape index (κ1) is 10.1. The average molecular weight is 201 g/mol. The third kappa shape index (κ3) is 2.52. The lowest BCUT2D eigenvalue weighted by Crippen LogP contribution is -2.08. The molecule has 1 aromatic carbocycles. The summed E-state index contributed by atoms with van der Waals surface area (Å²) in [6.07, 6.45) is 1.91. The van der Waals surface area contributed by atoms with Gasteiger partial charge in [-0.05, 0) is 32.3 Å². The Hall–Kier alpha value is -1.44. The van der Waals surface area contributed by atoms with Crippen LogP contribution in [-0.2, 0) is 11.2 Å². The molecule has 2 rings (SSSR count). The molecular weight excluding hydrogens is 186 g/mol. The summed E-state index contributed by atoms with van der Waals surface area (Å²) in [4.78, 5) is 15.1. The first-order valence-electron chi connectivity index (χ1n) is 5.29. The Morgan fingerprint density at radius 1 is 1.27 bits per heavy atom. The molecule has 0 fully saturated rings. The minimum Gasteiger partial charge on any atom is -0.297 e. The number of nitrogens with zero attached hydrogens (tertiary/aromatic N) is 1. The minimum atomic E-state index is -0.0737. The summed E-state index contributed by atoms with van der Waals surface area (Å²) in [5.41, 5.74) is 3.67. The second-order valence-corrected chi connectivity index (χ2v) is 4.12. The molecule has 0 aliphatic carbocycles. The lowest BCUT2D eigenvalue weighted by atomic mass is 10.0. The quantitative estimate of drug-likeness (QED) is 0.735. The Kier molecular flexibility index (Phi) is 2.67. The summed E-state index contributed by atoms with van der Waals surface area (Å²) in [5, 5.41) is 0. The molecule has 0 radical (unpaired) electrons. The second-order valence-electron chi connectivity index (χ2n) is 4.12. The normalized spacial score (nSPS) is 18.5. The highest BCUT2D eigenvalue weighted by Gasteiger charge is 2.30. The molecule has 78 valence electrons. The van der Waals surface area contributed by atoms with Gasteiger partial charge in [-0.25, -0.2) is 0 Å². The molecular formula is C13H15NO. The van der Waals surface area contributed by atoms with Crippen LogP contribution in [0.1, 0.15) is 24.5 Å². The molecule has 0 saturated carbocycles. The van der Waals surface area contributed by atoms with Gasteiger partial charge in [0.05, 0.1) is 0 Å². The van der Waals surface area contributed by atoms with Crippen LogP contribution in [0.3, 0.4) is 0 Å². The van der Waals surface area contributed by atoms with E-state index in [4.69, 9.17) is 0 Å². The van der Waals surface area contributed by atoms with E-state index in [9.17, 15) is 4.79 Å². The molecule has 1 aliphatic heterocycles. The number of hydrogen-bond donors (Lipinski definition) is 0. The lowest BCUT2D eigenvalue weighted by Gasteiger charge is -1.99. The number of aryl methyl sites for hydroxylation is 2. The summed E-state index contributed by atoms with van der Waals surface area (Å²) >= 11 is 0. The molecule has 0 spiro atoms. The molecule has 1 heterocycles. The number of hydrogen-bond acceptors (Lipinski definition) is 2. The fourth-order valence-electron chi connectivity index (χ4n) is 1.68. The van der Waals surface area contributed by atoms with Gasteiger partial charge in [0.15, 0.2) is 5.78 Å². The smallest absolute Gasteiger partial charge is 0.159 e. The Morgan fingerprint density at radius 2 is 1.93 bits per heavy atom. The summed E-state index contributed by atoms with van der Waals surface area (Å²) in [7, 11) is 0. The molecule has 1 unspecified atom stereocenters. The number of carbonyl (C=O) groups is 1. The molecule has 0 amide bonds. The second kappa shape index (κ2) is 3.97. The molecule has 0 saturated heterocycles. The van der Waals surface area contributed by atoms with Crippen molar-refractivity contribution in [2.75, 3.05) is 0 Å². The topological polar surface area (TPSA) is 29.4 Å². The highest BCUT2D eigenvalue weighted by atomic mass is 16.1. The number of aliphatic imine (C=N–C) groups is 1. The summed E-state index contributed by atoms with van der Waals surface area (Å²) in [6, 6.07) is 8.44. The third-order valence-corrected chi connectivity index (χ3v) is 2.72. The fraction of sp³-hybridized carbons (Fsp3) is 0.385.